The second-order valence-electron chi connectivity index (χ2n) is 4.93. The third-order valence-corrected chi connectivity index (χ3v) is 4.49. The second-order valence-corrected chi connectivity index (χ2v) is 5.91. The minimum atomic E-state index is -0.389. The number of nitro groups is 1. The Morgan fingerprint density at radius 3 is 2.45 bits per heavy atom. The van der Waals surface area contributed by atoms with Gasteiger partial charge >= 0.3 is 0 Å². The summed E-state index contributed by atoms with van der Waals surface area (Å²) in [6.45, 7) is 0. The van der Waals surface area contributed by atoms with Crippen molar-refractivity contribution in [3.63, 3.8) is 0 Å². The molecule has 1 unspecified atom stereocenters. The van der Waals surface area contributed by atoms with Crippen LogP contribution in [0.5, 0.6) is 0 Å². The minimum Gasteiger partial charge on any atom is -0.398 e. The van der Waals surface area contributed by atoms with E-state index in [4.69, 9.17) is 5.73 Å². The van der Waals surface area contributed by atoms with Gasteiger partial charge in [0.1, 0.15) is 0 Å². The molecule has 0 aliphatic rings. The maximum absolute atomic E-state index is 11.1. The van der Waals surface area contributed by atoms with Gasteiger partial charge in [0.15, 0.2) is 0 Å². The summed E-state index contributed by atoms with van der Waals surface area (Å²) in [5.41, 5.74) is 8.57. The lowest BCUT2D eigenvalue weighted by Gasteiger charge is -2.18. The van der Waals surface area contributed by atoms with Crippen LogP contribution in [0.3, 0.4) is 0 Å². The topological polar surface area (TPSA) is 69.2 Å². The minimum absolute atomic E-state index is 0.0571. The fourth-order valence-electron chi connectivity index (χ4n) is 2.52. The van der Waals surface area contributed by atoms with Crippen LogP contribution in [0.15, 0.2) is 66.0 Å². The zero-order chi connectivity index (χ0) is 15.5. The van der Waals surface area contributed by atoms with E-state index < -0.39 is 0 Å². The van der Waals surface area contributed by atoms with Gasteiger partial charge in [0, 0.05) is 28.6 Å². The predicted octanol–water partition coefficient (Wildman–Crippen LogP) is 4.42. The van der Waals surface area contributed by atoms with E-state index in [9.17, 15) is 10.1 Å². The number of anilines is 1. The van der Waals surface area contributed by atoms with Crippen molar-refractivity contribution in [2.45, 2.75) is 5.92 Å². The molecule has 0 saturated heterocycles. The van der Waals surface area contributed by atoms with Gasteiger partial charge in [-0.15, -0.1) is 11.3 Å². The van der Waals surface area contributed by atoms with Crippen LogP contribution in [0.2, 0.25) is 0 Å². The second kappa shape index (κ2) is 5.99. The van der Waals surface area contributed by atoms with Gasteiger partial charge in [0.2, 0.25) is 0 Å². The number of nitrogens with zero attached hydrogens (tertiary/aromatic N) is 1. The summed E-state index contributed by atoms with van der Waals surface area (Å²) in [5, 5.41) is 13.1. The zero-order valence-electron chi connectivity index (χ0n) is 11.7. The number of hydrogen-bond acceptors (Lipinski definition) is 4. The Balaban J connectivity index is 2.19. The molecule has 4 nitrogen and oxygen atoms in total. The number of nitrogen functional groups attached to an aromatic ring is 1. The molecule has 1 aromatic heterocycles. The molecule has 0 amide bonds. The van der Waals surface area contributed by atoms with Crippen molar-refractivity contribution in [2.24, 2.45) is 0 Å². The van der Waals surface area contributed by atoms with Crippen molar-refractivity contribution in [1.82, 2.24) is 0 Å². The third kappa shape index (κ3) is 2.71. The van der Waals surface area contributed by atoms with Gasteiger partial charge < -0.3 is 5.73 Å². The average Bonchev–Trinajstić information content (AvgIpc) is 3.04. The molecule has 0 spiro atoms. The number of thiophene rings is 1. The summed E-state index contributed by atoms with van der Waals surface area (Å²) in [5.74, 6) is -0.0962. The first kappa shape index (κ1) is 14.3. The summed E-state index contributed by atoms with van der Waals surface area (Å²) in [6.07, 6.45) is 0. The molecule has 1 heterocycles. The van der Waals surface area contributed by atoms with Crippen molar-refractivity contribution in [3.8, 4) is 0 Å². The molecule has 0 bridgehead atoms. The standard InChI is InChI=1S/C17H14N2O2S/c18-15-9-8-13(19(20)21)11-14(15)17(16-7-4-10-22-16)12-5-2-1-3-6-12/h1-11,17H,18H2. The fraction of sp³-hybridized carbons (Fsp3) is 0.0588. The van der Waals surface area contributed by atoms with Crippen LogP contribution < -0.4 is 5.73 Å². The molecule has 1 atom stereocenters. The van der Waals surface area contributed by atoms with Crippen LogP contribution in [0.4, 0.5) is 11.4 Å². The molecule has 0 aliphatic carbocycles. The zero-order valence-corrected chi connectivity index (χ0v) is 12.5. The van der Waals surface area contributed by atoms with Crippen molar-refractivity contribution in [1.29, 1.82) is 0 Å². The Morgan fingerprint density at radius 1 is 1.05 bits per heavy atom. The maximum Gasteiger partial charge on any atom is 0.269 e. The molecule has 5 heteroatoms. The van der Waals surface area contributed by atoms with Gasteiger partial charge in [0.25, 0.3) is 5.69 Å². The molecular formula is C17H14N2O2S. The molecular weight excluding hydrogens is 296 g/mol. The number of non-ortho nitro benzene ring substituents is 1. The summed E-state index contributed by atoms with van der Waals surface area (Å²) in [4.78, 5) is 11.8. The molecule has 0 fully saturated rings. The molecule has 2 aromatic carbocycles. The van der Waals surface area contributed by atoms with Crippen molar-refractivity contribution in [3.05, 3.63) is 92.2 Å². The smallest absolute Gasteiger partial charge is 0.269 e. The Morgan fingerprint density at radius 2 is 1.82 bits per heavy atom. The fourth-order valence-corrected chi connectivity index (χ4v) is 3.39. The molecule has 0 aliphatic heterocycles. The van der Waals surface area contributed by atoms with E-state index in [1.807, 2.05) is 47.8 Å². The molecule has 110 valence electrons. The summed E-state index contributed by atoms with van der Waals surface area (Å²) in [7, 11) is 0. The first-order valence-corrected chi connectivity index (χ1v) is 7.67. The molecule has 3 rings (SSSR count). The normalized spacial score (nSPS) is 12.0. The molecule has 3 aromatic rings. The first-order chi connectivity index (χ1) is 10.7. The van der Waals surface area contributed by atoms with E-state index in [-0.39, 0.29) is 16.5 Å². The van der Waals surface area contributed by atoms with Crippen molar-refractivity contribution < 1.29 is 4.92 Å². The van der Waals surface area contributed by atoms with Crippen LogP contribution in [0.25, 0.3) is 0 Å². The Hall–Kier alpha value is -2.66. The quantitative estimate of drug-likeness (QED) is 0.440. The number of hydrogen-bond donors (Lipinski definition) is 1. The lowest BCUT2D eigenvalue weighted by atomic mass is 9.88. The Labute approximate surface area is 132 Å². The summed E-state index contributed by atoms with van der Waals surface area (Å²) in [6, 6.07) is 18.5. The van der Waals surface area contributed by atoms with E-state index in [1.54, 1.807) is 23.5 Å². The maximum atomic E-state index is 11.1. The van der Waals surface area contributed by atoms with Crippen molar-refractivity contribution in [2.75, 3.05) is 5.73 Å². The van der Waals surface area contributed by atoms with Gasteiger partial charge in [-0.25, -0.2) is 0 Å². The molecule has 0 saturated carbocycles. The van der Waals surface area contributed by atoms with E-state index >= 15 is 0 Å². The summed E-state index contributed by atoms with van der Waals surface area (Å²) < 4.78 is 0. The third-order valence-electron chi connectivity index (χ3n) is 3.55. The highest BCUT2D eigenvalue weighted by molar-refractivity contribution is 7.10. The number of rotatable bonds is 4. The van der Waals surface area contributed by atoms with E-state index in [2.05, 4.69) is 0 Å². The van der Waals surface area contributed by atoms with Gasteiger partial charge in [-0.2, -0.15) is 0 Å². The Bertz CT molecular complexity index is 786. The van der Waals surface area contributed by atoms with Gasteiger partial charge in [-0.05, 0) is 28.6 Å². The predicted molar refractivity (Wildman–Crippen MR) is 89.2 cm³/mol. The molecule has 2 N–H and O–H groups in total. The first-order valence-electron chi connectivity index (χ1n) is 6.79. The molecule has 0 radical (unpaired) electrons. The average molecular weight is 310 g/mol. The largest absolute Gasteiger partial charge is 0.398 e. The van der Waals surface area contributed by atoms with Gasteiger partial charge in [0.05, 0.1) is 4.92 Å². The number of benzene rings is 2. The van der Waals surface area contributed by atoms with Crippen LogP contribution >= 0.6 is 11.3 Å². The monoisotopic (exact) mass is 310 g/mol. The highest BCUT2D eigenvalue weighted by Gasteiger charge is 2.22. The van der Waals surface area contributed by atoms with Crippen LogP contribution in [-0.4, -0.2) is 4.92 Å². The lowest BCUT2D eigenvalue weighted by molar-refractivity contribution is -0.384. The lowest BCUT2D eigenvalue weighted by Crippen LogP contribution is -2.06. The van der Waals surface area contributed by atoms with E-state index in [0.717, 1.165) is 16.0 Å². The van der Waals surface area contributed by atoms with Crippen LogP contribution in [0.1, 0.15) is 21.9 Å². The molecule has 22 heavy (non-hydrogen) atoms. The van der Waals surface area contributed by atoms with E-state index in [1.165, 1.54) is 6.07 Å². The van der Waals surface area contributed by atoms with E-state index in [0.29, 0.717) is 5.69 Å². The number of nitrogens with two attached hydrogens (primary N) is 1. The van der Waals surface area contributed by atoms with Gasteiger partial charge in [-0.1, -0.05) is 36.4 Å². The highest BCUT2D eigenvalue weighted by Crippen LogP contribution is 2.38. The van der Waals surface area contributed by atoms with Crippen LogP contribution in [0, 0.1) is 10.1 Å². The summed E-state index contributed by atoms with van der Waals surface area (Å²) >= 11 is 1.62. The van der Waals surface area contributed by atoms with Crippen LogP contribution in [-0.2, 0) is 0 Å². The number of nitro benzene ring substituents is 1. The highest BCUT2D eigenvalue weighted by atomic mass is 32.1. The van der Waals surface area contributed by atoms with Gasteiger partial charge in [-0.3, -0.25) is 10.1 Å². The SMILES string of the molecule is Nc1ccc([N+](=O)[O-])cc1C(c1ccccc1)c1cccs1. The van der Waals surface area contributed by atoms with Crippen molar-refractivity contribution >= 4 is 22.7 Å². The Kier molecular flexibility index (Phi) is 3.89.